The molecule has 3 rings (SSSR count). The molecular weight excluding hydrogens is 260 g/mol. The summed E-state index contributed by atoms with van der Waals surface area (Å²) in [5.74, 6) is -0.917. The van der Waals surface area contributed by atoms with Gasteiger partial charge in [0.1, 0.15) is 6.04 Å². The molecule has 1 aromatic heterocycles. The molecule has 1 saturated heterocycles. The first-order valence-electron chi connectivity index (χ1n) is 6.28. The van der Waals surface area contributed by atoms with Crippen molar-refractivity contribution in [1.29, 1.82) is 0 Å². The van der Waals surface area contributed by atoms with Gasteiger partial charge >= 0.3 is 0 Å². The summed E-state index contributed by atoms with van der Waals surface area (Å²) >= 11 is 0. The number of rotatable bonds is 2. The predicted molar refractivity (Wildman–Crippen MR) is 70.7 cm³/mol. The molecule has 2 atom stereocenters. The summed E-state index contributed by atoms with van der Waals surface area (Å²) in [6.07, 6.45) is 1.13. The number of hydrogen-bond donors (Lipinski definition) is 3. The Balaban J connectivity index is 1.92. The van der Waals surface area contributed by atoms with Crippen LogP contribution >= 0.6 is 0 Å². The molecule has 0 spiro atoms. The van der Waals surface area contributed by atoms with Crippen LogP contribution in [0.3, 0.4) is 0 Å². The van der Waals surface area contributed by atoms with Crippen LogP contribution in [-0.4, -0.2) is 50.7 Å². The standard InChI is InChI=1S/C13H14N4O3/c14-12(19)11-4-9(18)6-17(11)13(20)7-1-2-8-5-15-16-10(8)3-7/h1-3,5,9,11,18H,4,6H2,(H2,14,19)(H,15,16). The van der Waals surface area contributed by atoms with Crippen LogP contribution in [0, 0.1) is 0 Å². The zero-order valence-electron chi connectivity index (χ0n) is 10.6. The van der Waals surface area contributed by atoms with E-state index in [0.29, 0.717) is 5.56 Å². The highest BCUT2D eigenvalue weighted by Crippen LogP contribution is 2.22. The van der Waals surface area contributed by atoms with Gasteiger partial charge in [0, 0.05) is 23.9 Å². The molecular formula is C13H14N4O3. The lowest BCUT2D eigenvalue weighted by Gasteiger charge is -2.21. The van der Waals surface area contributed by atoms with E-state index in [1.54, 1.807) is 24.4 Å². The van der Waals surface area contributed by atoms with E-state index in [-0.39, 0.29) is 18.9 Å². The number of aromatic nitrogens is 2. The van der Waals surface area contributed by atoms with E-state index in [1.807, 2.05) is 0 Å². The van der Waals surface area contributed by atoms with Crippen molar-refractivity contribution in [3.05, 3.63) is 30.0 Å². The van der Waals surface area contributed by atoms with E-state index in [4.69, 9.17) is 5.73 Å². The molecule has 2 aromatic rings. The smallest absolute Gasteiger partial charge is 0.254 e. The van der Waals surface area contributed by atoms with E-state index in [9.17, 15) is 14.7 Å². The van der Waals surface area contributed by atoms with Gasteiger partial charge in [0.15, 0.2) is 0 Å². The average molecular weight is 274 g/mol. The van der Waals surface area contributed by atoms with Crippen LogP contribution in [0.2, 0.25) is 0 Å². The highest BCUT2D eigenvalue weighted by molar-refractivity contribution is 6.00. The molecule has 1 aliphatic heterocycles. The molecule has 2 heterocycles. The van der Waals surface area contributed by atoms with Crippen LogP contribution in [-0.2, 0) is 4.79 Å². The zero-order valence-corrected chi connectivity index (χ0v) is 10.6. The molecule has 4 N–H and O–H groups in total. The maximum atomic E-state index is 12.4. The molecule has 1 aliphatic rings. The van der Waals surface area contributed by atoms with Crippen LogP contribution in [0.4, 0.5) is 0 Å². The highest BCUT2D eigenvalue weighted by Gasteiger charge is 2.38. The number of aromatic amines is 1. The summed E-state index contributed by atoms with van der Waals surface area (Å²) in [6.45, 7) is 0.119. The zero-order chi connectivity index (χ0) is 14.3. The number of aliphatic hydroxyl groups is 1. The van der Waals surface area contributed by atoms with Crippen molar-refractivity contribution in [2.75, 3.05) is 6.54 Å². The monoisotopic (exact) mass is 274 g/mol. The molecule has 2 amide bonds. The number of nitrogens with one attached hydrogen (secondary N) is 1. The maximum absolute atomic E-state index is 12.4. The van der Waals surface area contributed by atoms with Crippen molar-refractivity contribution in [1.82, 2.24) is 15.1 Å². The molecule has 20 heavy (non-hydrogen) atoms. The van der Waals surface area contributed by atoms with Gasteiger partial charge in [-0.05, 0) is 12.1 Å². The number of carbonyl (C=O) groups is 2. The normalized spacial score (nSPS) is 22.4. The minimum atomic E-state index is -0.755. The number of nitrogens with zero attached hydrogens (tertiary/aromatic N) is 2. The van der Waals surface area contributed by atoms with Gasteiger partial charge in [-0.1, -0.05) is 6.07 Å². The first-order chi connectivity index (χ1) is 9.56. The number of fused-ring (bicyclic) bond motifs is 1. The van der Waals surface area contributed by atoms with Crippen molar-refractivity contribution in [3.63, 3.8) is 0 Å². The Kier molecular flexibility index (Phi) is 2.90. The molecule has 1 aromatic carbocycles. The van der Waals surface area contributed by atoms with Gasteiger partial charge in [-0.15, -0.1) is 0 Å². The lowest BCUT2D eigenvalue weighted by molar-refractivity contribution is -0.121. The van der Waals surface area contributed by atoms with Gasteiger partial charge in [0.05, 0.1) is 17.8 Å². The number of primary amides is 1. The Morgan fingerprint density at radius 1 is 1.45 bits per heavy atom. The van der Waals surface area contributed by atoms with Crippen molar-refractivity contribution in [3.8, 4) is 0 Å². The first kappa shape index (κ1) is 12.6. The van der Waals surface area contributed by atoms with E-state index < -0.39 is 18.1 Å². The van der Waals surface area contributed by atoms with Crippen molar-refractivity contribution < 1.29 is 14.7 Å². The maximum Gasteiger partial charge on any atom is 0.254 e. The number of likely N-dealkylation sites (tertiary alicyclic amines) is 1. The lowest BCUT2D eigenvalue weighted by atomic mass is 10.1. The van der Waals surface area contributed by atoms with Crippen molar-refractivity contribution >= 4 is 22.7 Å². The Hall–Kier alpha value is -2.41. The second-order valence-corrected chi connectivity index (χ2v) is 4.94. The predicted octanol–water partition coefficient (Wildman–Crippen LogP) is -0.376. The molecule has 7 nitrogen and oxygen atoms in total. The second kappa shape index (κ2) is 4.61. The summed E-state index contributed by atoms with van der Waals surface area (Å²) in [4.78, 5) is 25.1. The van der Waals surface area contributed by atoms with Crippen LogP contribution in [0.5, 0.6) is 0 Å². The third kappa shape index (κ3) is 2.01. The van der Waals surface area contributed by atoms with Gasteiger partial charge in [-0.2, -0.15) is 5.10 Å². The minimum Gasteiger partial charge on any atom is -0.391 e. The molecule has 1 fully saturated rings. The number of benzene rings is 1. The summed E-state index contributed by atoms with van der Waals surface area (Å²) in [5.41, 5.74) is 6.45. The number of H-pyrrole nitrogens is 1. The number of amides is 2. The molecule has 0 aliphatic carbocycles. The SMILES string of the molecule is NC(=O)C1CC(O)CN1C(=O)c1ccc2cn[nH]c2c1. The largest absolute Gasteiger partial charge is 0.391 e. The van der Waals surface area contributed by atoms with Crippen LogP contribution in [0.1, 0.15) is 16.8 Å². The van der Waals surface area contributed by atoms with Gasteiger partial charge < -0.3 is 15.7 Å². The molecule has 0 saturated carbocycles. The van der Waals surface area contributed by atoms with Gasteiger partial charge in [-0.25, -0.2) is 0 Å². The number of nitrogens with two attached hydrogens (primary N) is 1. The first-order valence-corrected chi connectivity index (χ1v) is 6.28. The quantitative estimate of drug-likeness (QED) is 0.693. The van der Waals surface area contributed by atoms with E-state index in [2.05, 4.69) is 10.2 Å². The molecule has 0 bridgehead atoms. The fraction of sp³-hybridized carbons (Fsp3) is 0.308. The lowest BCUT2D eigenvalue weighted by Crippen LogP contribution is -2.43. The number of hydrogen-bond acceptors (Lipinski definition) is 4. The third-order valence-corrected chi connectivity index (χ3v) is 3.56. The third-order valence-electron chi connectivity index (χ3n) is 3.56. The fourth-order valence-corrected chi connectivity index (χ4v) is 2.54. The Morgan fingerprint density at radius 2 is 2.25 bits per heavy atom. The van der Waals surface area contributed by atoms with Gasteiger partial charge in [0.2, 0.25) is 5.91 Å². The molecule has 0 radical (unpaired) electrons. The molecule has 7 heteroatoms. The summed E-state index contributed by atoms with van der Waals surface area (Å²) in [6, 6.07) is 4.36. The summed E-state index contributed by atoms with van der Waals surface area (Å²) < 4.78 is 0. The van der Waals surface area contributed by atoms with Gasteiger partial charge in [-0.3, -0.25) is 14.7 Å². The Morgan fingerprint density at radius 3 is 3.00 bits per heavy atom. The summed E-state index contributed by atoms with van der Waals surface area (Å²) in [7, 11) is 0. The minimum absolute atomic E-state index is 0.119. The van der Waals surface area contributed by atoms with Crippen LogP contribution in [0.25, 0.3) is 10.9 Å². The van der Waals surface area contributed by atoms with Gasteiger partial charge in [0.25, 0.3) is 5.91 Å². The Bertz CT molecular complexity index is 681. The van der Waals surface area contributed by atoms with Crippen molar-refractivity contribution in [2.45, 2.75) is 18.6 Å². The number of β-amino-alcohol motifs (C(OH)–C–C–N with tert-alkyl or cyclic N) is 1. The van der Waals surface area contributed by atoms with E-state index >= 15 is 0 Å². The number of aliphatic hydroxyl groups excluding tert-OH is 1. The van der Waals surface area contributed by atoms with Crippen molar-refractivity contribution in [2.24, 2.45) is 5.73 Å². The second-order valence-electron chi connectivity index (χ2n) is 4.94. The Labute approximate surface area is 114 Å². The van der Waals surface area contributed by atoms with Crippen LogP contribution < -0.4 is 5.73 Å². The molecule has 104 valence electrons. The van der Waals surface area contributed by atoms with E-state index in [0.717, 1.165) is 10.9 Å². The fourth-order valence-electron chi connectivity index (χ4n) is 2.54. The average Bonchev–Trinajstić information content (AvgIpc) is 3.02. The van der Waals surface area contributed by atoms with Crippen LogP contribution in [0.15, 0.2) is 24.4 Å². The summed E-state index contributed by atoms with van der Waals surface area (Å²) in [5, 5.41) is 17.2. The van der Waals surface area contributed by atoms with E-state index in [1.165, 1.54) is 4.90 Å². The highest BCUT2D eigenvalue weighted by atomic mass is 16.3. The number of carbonyl (C=O) groups excluding carboxylic acids is 2. The topological polar surface area (TPSA) is 112 Å². The molecule has 2 unspecified atom stereocenters.